The predicted octanol–water partition coefficient (Wildman–Crippen LogP) is 3.17. The minimum atomic E-state index is -0.517. The Morgan fingerprint density at radius 2 is 1.55 bits per heavy atom. The van der Waals surface area contributed by atoms with Crippen molar-refractivity contribution in [3.05, 3.63) is 65.7 Å². The molecule has 0 aliphatic heterocycles. The molecule has 116 valence electrons. The van der Waals surface area contributed by atoms with Gasteiger partial charge in [-0.05, 0) is 37.1 Å². The highest BCUT2D eigenvalue weighted by Crippen LogP contribution is 2.27. The number of rotatable bonds is 6. The SMILES string of the molecule is CCN(CC)c1ccc(C(C(=O)NO)c2ccccc2)cc1. The average Bonchev–Trinajstić information content (AvgIpc) is 2.58. The number of amides is 1. The van der Waals surface area contributed by atoms with E-state index in [4.69, 9.17) is 5.21 Å². The third-order valence-electron chi connectivity index (χ3n) is 3.86. The largest absolute Gasteiger partial charge is 0.372 e. The summed E-state index contributed by atoms with van der Waals surface area (Å²) in [6.07, 6.45) is 0. The summed E-state index contributed by atoms with van der Waals surface area (Å²) < 4.78 is 0. The number of nitrogens with one attached hydrogen (secondary N) is 1. The van der Waals surface area contributed by atoms with Gasteiger partial charge in [-0.15, -0.1) is 0 Å². The second kappa shape index (κ2) is 7.61. The number of hydrogen-bond acceptors (Lipinski definition) is 3. The van der Waals surface area contributed by atoms with Crippen LogP contribution in [0.3, 0.4) is 0 Å². The molecule has 1 atom stereocenters. The zero-order valence-electron chi connectivity index (χ0n) is 13.0. The van der Waals surface area contributed by atoms with Crippen molar-refractivity contribution in [2.24, 2.45) is 0 Å². The van der Waals surface area contributed by atoms with E-state index in [1.807, 2.05) is 54.6 Å². The molecule has 22 heavy (non-hydrogen) atoms. The van der Waals surface area contributed by atoms with Gasteiger partial charge in [-0.25, -0.2) is 5.48 Å². The zero-order chi connectivity index (χ0) is 15.9. The zero-order valence-corrected chi connectivity index (χ0v) is 13.0. The summed E-state index contributed by atoms with van der Waals surface area (Å²) in [5, 5.41) is 9.04. The molecule has 4 nitrogen and oxygen atoms in total. The molecule has 1 amide bonds. The van der Waals surface area contributed by atoms with Crippen LogP contribution in [-0.4, -0.2) is 24.2 Å². The summed E-state index contributed by atoms with van der Waals surface area (Å²) in [4.78, 5) is 14.3. The van der Waals surface area contributed by atoms with Crippen molar-refractivity contribution in [1.29, 1.82) is 0 Å². The third kappa shape index (κ3) is 3.46. The van der Waals surface area contributed by atoms with E-state index in [-0.39, 0.29) is 0 Å². The molecule has 2 rings (SSSR count). The van der Waals surface area contributed by atoms with Gasteiger partial charge in [-0.3, -0.25) is 10.0 Å². The molecule has 0 heterocycles. The van der Waals surface area contributed by atoms with Gasteiger partial charge in [-0.2, -0.15) is 0 Å². The lowest BCUT2D eigenvalue weighted by Crippen LogP contribution is -2.27. The van der Waals surface area contributed by atoms with Gasteiger partial charge < -0.3 is 4.90 Å². The predicted molar refractivity (Wildman–Crippen MR) is 88.2 cm³/mol. The Hall–Kier alpha value is -2.33. The standard InChI is InChI=1S/C18H22N2O2/c1-3-20(4-2)16-12-10-15(11-13-16)17(18(21)19-22)14-8-6-5-7-9-14/h5-13,17,22H,3-4H2,1-2H3,(H,19,21). The molecule has 0 bridgehead atoms. The lowest BCUT2D eigenvalue weighted by Gasteiger charge is -2.22. The molecule has 2 aromatic rings. The molecule has 0 aliphatic carbocycles. The number of benzene rings is 2. The molecule has 2 aromatic carbocycles. The summed E-state index contributed by atoms with van der Waals surface area (Å²) in [6.45, 7) is 6.11. The smallest absolute Gasteiger partial charge is 0.255 e. The molecule has 2 N–H and O–H groups in total. The number of nitrogens with zero attached hydrogens (tertiary/aromatic N) is 1. The number of carbonyl (C=O) groups excluding carboxylic acids is 1. The molecule has 1 unspecified atom stereocenters. The highest BCUT2D eigenvalue weighted by Gasteiger charge is 2.22. The topological polar surface area (TPSA) is 52.6 Å². The van der Waals surface area contributed by atoms with Crippen LogP contribution in [0.1, 0.15) is 30.9 Å². The van der Waals surface area contributed by atoms with Crippen molar-refractivity contribution >= 4 is 11.6 Å². The lowest BCUT2D eigenvalue weighted by molar-refractivity contribution is -0.129. The summed E-state index contributed by atoms with van der Waals surface area (Å²) >= 11 is 0. The van der Waals surface area contributed by atoms with Crippen LogP contribution in [0.15, 0.2) is 54.6 Å². The fourth-order valence-electron chi connectivity index (χ4n) is 2.67. The first-order valence-electron chi connectivity index (χ1n) is 7.55. The average molecular weight is 298 g/mol. The fourth-order valence-corrected chi connectivity index (χ4v) is 2.67. The van der Waals surface area contributed by atoms with E-state index in [0.717, 1.165) is 29.9 Å². The van der Waals surface area contributed by atoms with E-state index in [0.29, 0.717) is 0 Å². The van der Waals surface area contributed by atoms with E-state index >= 15 is 0 Å². The van der Waals surface area contributed by atoms with Crippen molar-refractivity contribution < 1.29 is 10.0 Å². The Labute approximate surface area is 131 Å². The maximum absolute atomic E-state index is 12.1. The van der Waals surface area contributed by atoms with Crippen molar-refractivity contribution in [3.8, 4) is 0 Å². The van der Waals surface area contributed by atoms with Crippen LogP contribution in [0.4, 0.5) is 5.69 Å². The Morgan fingerprint density at radius 1 is 1.00 bits per heavy atom. The molecule has 0 spiro atoms. The molecule has 0 saturated carbocycles. The normalized spacial score (nSPS) is 11.8. The second-order valence-corrected chi connectivity index (χ2v) is 5.08. The Bertz CT molecular complexity index is 592. The van der Waals surface area contributed by atoms with Crippen LogP contribution in [-0.2, 0) is 4.79 Å². The molecule has 4 heteroatoms. The summed E-state index contributed by atoms with van der Waals surface area (Å²) in [7, 11) is 0. The number of carbonyl (C=O) groups is 1. The van der Waals surface area contributed by atoms with Gasteiger partial charge in [0.1, 0.15) is 0 Å². The van der Waals surface area contributed by atoms with Crippen molar-refractivity contribution in [1.82, 2.24) is 5.48 Å². The van der Waals surface area contributed by atoms with Gasteiger partial charge in [0.2, 0.25) is 0 Å². The highest BCUT2D eigenvalue weighted by molar-refractivity contribution is 5.86. The van der Waals surface area contributed by atoms with Gasteiger partial charge in [-0.1, -0.05) is 42.5 Å². The van der Waals surface area contributed by atoms with Crippen LogP contribution in [0.25, 0.3) is 0 Å². The first-order chi connectivity index (χ1) is 10.7. The maximum atomic E-state index is 12.1. The minimum Gasteiger partial charge on any atom is -0.372 e. The number of hydroxylamine groups is 1. The van der Waals surface area contributed by atoms with E-state index in [1.54, 1.807) is 5.48 Å². The van der Waals surface area contributed by atoms with Gasteiger partial charge in [0.15, 0.2) is 0 Å². The summed E-state index contributed by atoms with van der Waals surface area (Å²) in [5.41, 5.74) is 4.61. The first-order valence-corrected chi connectivity index (χ1v) is 7.55. The van der Waals surface area contributed by atoms with Crippen LogP contribution < -0.4 is 10.4 Å². The summed E-state index contributed by atoms with van der Waals surface area (Å²) in [6, 6.07) is 17.4. The Morgan fingerprint density at radius 3 is 2.05 bits per heavy atom. The van der Waals surface area contributed by atoms with Gasteiger partial charge >= 0.3 is 0 Å². The first kappa shape index (κ1) is 16.0. The lowest BCUT2D eigenvalue weighted by atomic mass is 9.90. The van der Waals surface area contributed by atoms with Crippen LogP contribution in [0.5, 0.6) is 0 Å². The van der Waals surface area contributed by atoms with Crippen molar-refractivity contribution in [2.45, 2.75) is 19.8 Å². The van der Waals surface area contributed by atoms with Gasteiger partial charge in [0.05, 0.1) is 5.92 Å². The molecule has 0 saturated heterocycles. The molecule has 0 radical (unpaired) electrons. The van der Waals surface area contributed by atoms with Crippen molar-refractivity contribution in [2.75, 3.05) is 18.0 Å². The van der Waals surface area contributed by atoms with E-state index in [1.165, 1.54) is 0 Å². The number of hydrogen-bond donors (Lipinski definition) is 2. The number of anilines is 1. The monoisotopic (exact) mass is 298 g/mol. The van der Waals surface area contributed by atoms with Crippen molar-refractivity contribution in [3.63, 3.8) is 0 Å². The Balaban J connectivity index is 2.35. The molecule has 0 fully saturated rings. The van der Waals surface area contributed by atoms with E-state index < -0.39 is 11.8 Å². The Kier molecular flexibility index (Phi) is 5.55. The third-order valence-corrected chi connectivity index (χ3v) is 3.86. The molecular weight excluding hydrogens is 276 g/mol. The summed E-state index contributed by atoms with van der Waals surface area (Å²) in [5.74, 6) is -0.946. The molecule has 0 aliphatic rings. The van der Waals surface area contributed by atoms with Crippen LogP contribution in [0.2, 0.25) is 0 Å². The van der Waals surface area contributed by atoms with Gasteiger partial charge in [0.25, 0.3) is 5.91 Å². The quantitative estimate of drug-likeness (QED) is 0.636. The highest BCUT2D eigenvalue weighted by atomic mass is 16.5. The van der Waals surface area contributed by atoms with E-state index in [9.17, 15) is 4.79 Å². The van der Waals surface area contributed by atoms with Gasteiger partial charge in [0, 0.05) is 18.8 Å². The molecular formula is C18H22N2O2. The molecule has 0 aromatic heterocycles. The minimum absolute atomic E-state index is 0.429. The maximum Gasteiger partial charge on any atom is 0.255 e. The van der Waals surface area contributed by atoms with E-state index in [2.05, 4.69) is 18.7 Å². The second-order valence-electron chi connectivity index (χ2n) is 5.08. The fraction of sp³-hybridized carbons (Fsp3) is 0.278. The van der Waals surface area contributed by atoms with Crippen LogP contribution >= 0.6 is 0 Å². The van der Waals surface area contributed by atoms with Crippen LogP contribution in [0, 0.1) is 0 Å².